The molecular formula is C18H17Cl2NO4. The van der Waals surface area contributed by atoms with Crippen molar-refractivity contribution in [3.8, 4) is 5.75 Å². The van der Waals surface area contributed by atoms with Gasteiger partial charge in [0.15, 0.2) is 6.61 Å². The summed E-state index contributed by atoms with van der Waals surface area (Å²) in [5.74, 6) is -0.340. The van der Waals surface area contributed by atoms with Crippen LogP contribution in [0.1, 0.15) is 15.9 Å². The fraction of sp³-hybridized carbons (Fsp3) is 0.222. The molecule has 2 aromatic rings. The zero-order valence-corrected chi connectivity index (χ0v) is 15.1. The molecule has 0 saturated heterocycles. The van der Waals surface area contributed by atoms with E-state index < -0.39 is 18.5 Å². The van der Waals surface area contributed by atoms with Crippen LogP contribution < -0.4 is 10.1 Å². The number of nitrogens with one attached hydrogen (secondary N) is 1. The van der Waals surface area contributed by atoms with E-state index >= 15 is 0 Å². The van der Waals surface area contributed by atoms with Crippen molar-refractivity contribution >= 4 is 35.1 Å². The lowest BCUT2D eigenvalue weighted by atomic mass is 10.1. The third kappa shape index (κ3) is 5.37. The zero-order chi connectivity index (χ0) is 18.2. The molecule has 0 unspecified atom stereocenters. The molecule has 2 rings (SSSR count). The average Bonchev–Trinajstić information content (AvgIpc) is 2.62. The molecule has 0 fully saturated rings. The molecule has 0 atom stereocenters. The van der Waals surface area contributed by atoms with Crippen LogP contribution in [0.2, 0.25) is 10.0 Å². The highest BCUT2D eigenvalue weighted by atomic mass is 35.5. The van der Waals surface area contributed by atoms with Gasteiger partial charge in [-0.1, -0.05) is 47.5 Å². The number of methoxy groups -OCH3 is 1. The molecule has 0 aliphatic carbocycles. The minimum Gasteiger partial charge on any atom is -0.496 e. The van der Waals surface area contributed by atoms with Gasteiger partial charge in [0.1, 0.15) is 5.75 Å². The van der Waals surface area contributed by atoms with E-state index in [4.69, 9.17) is 32.7 Å². The highest BCUT2D eigenvalue weighted by Crippen LogP contribution is 2.25. The molecule has 0 bridgehead atoms. The van der Waals surface area contributed by atoms with Gasteiger partial charge in [0, 0.05) is 6.54 Å². The summed E-state index contributed by atoms with van der Waals surface area (Å²) in [6.45, 7) is 0.00226. The number of amides is 1. The van der Waals surface area contributed by atoms with Crippen molar-refractivity contribution < 1.29 is 19.1 Å². The number of carbonyl (C=O) groups is 2. The monoisotopic (exact) mass is 381 g/mol. The van der Waals surface area contributed by atoms with Crippen molar-refractivity contribution in [2.75, 3.05) is 20.3 Å². The maximum Gasteiger partial charge on any atom is 0.340 e. The Morgan fingerprint density at radius 1 is 1.08 bits per heavy atom. The number of para-hydroxylation sites is 1. The molecule has 0 aliphatic heterocycles. The van der Waals surface area contributed by atoms with E-state index in [-0.39, 0.29) is 15.6 Å². The van der Waals surface area contributed by atoms with Crippen LogP contribution in [-0.4, -0.2) is 32.1 Å². The highest BCUT2D eigenvalue weighted by molar-refractivity contribution is 6.43. The van der Waals surface area contributed by atoms with Crippen molar-refractivity contribution in [1.82, 2.24) is 5.32 Å². The topological polar surface area (TPSA) is 64.6 Å². The number of benzene rings is 2. The lowest BCUT2D eigenvalue weighted by Crippen LogP contribution is -2.30. The van der Waals surface area contributed by atoms with Crippen LogP contribution in [0.4, 0.5) is 0 Å². The summed E-state index contributed by atoms with van der Waals surface area (Å²) in [5, 5.41) is 3.03. The number of ether oxygens (including phenoxy) is 2. The zero-order valence-electron chi connectivity index (χ0n) is 13.6. The van der Waals surface area contributed by atoms with Gasteiger partial charge < -0.3 is 14.8 Å². The first-order valence-electron chi connectivity index (χ1n) is 7.52. The maximum atomic E-state index is 11.9. The quantitative estimate of drug-likeness (QED) is 0.745. The van der Waals surface area contributed by atoms with Crippen LogP contribution in [0.25, 0.3) is 0 Å². The minimum absolute atomic E-state index is 0.103. The van der Waals surface area contributed by atoms with Crippen LogP contribution in [0, 0.1) is 0 Å². The smallest absolute Gasteiger partial charge is 0.340 e. The third-order valence-electron chi connectivity index (χ3n) is 3.41. The van der Waals surface area contributed by atoms with Crippen LogP contribution in [0.15, 0.2) is 42.5 Å². The van der Waals surface area contributed by atoms with Crippen molar-refractivity contribution in [2.45, 2.75) is 6.42 Å². The van der Waals surface area contributed by atoms with Crippen LogP contribution in [0.3, 0.4) is 0 Å². The molecular weight excluding hydrogens is 365 g/mol. The summed E-state index contributed by atoms with van der Waals surface area (Å²) in [6, 6.07) is 12.2. The number of rotatable bonds is 7. The Labute approximate surface area is 155 Å². The molecule has 1 N–H and O–H groups in total. The van der Waals surface area contributed by atoms with E-state index in [0.717, 1.165) is 11.3 Å². The predicted molar refractivity (Wildman–Crippen MR) is 96.5 cm³/mol. The van der Waals surface area contributed by atoms with Crippen LogP contribution in [-0.2, 0) is 16.0 Å². The summed E-state index contributed by atoms with van der Waals surface area (Å²) >= 11 is 11.8. The van der Waals surface area contributed by atoms with Gasteiger partial charge in [0.2, 0.25) is 0 Å². The Morgan fingerprint density at radius 2 is 1.84 bits per heavy atom. The van der Waals surface area contributed by atoms with Gasteiger partial charge in [-0.25, -0.2) is 4.79 Å². The van der Waals surface area contributed by atoms with Gasteiger partial charge in [-0.05, 0) is 30.2 Å². The fourth-order valence-electron chi connectivity index (χ4n) is 2.17. The molecule has 0 aliphatic rings. The summed E-state index contributed by atoms with van der Waals surface area (Å²) in [5.41, 5.74) is 1.10. The fourth-order valence-corrected chi connectivity index (χ4v) is 2.55. The largest absolute Gasteiger partial charge is 0.496 e. The SMILES string of the molecule is COc1ccccc1CCNC(=O)COC(=O)c1cccc(Cl)c1Cl. The van der Waals surface area contributed by atoms with E-state index in [1.165, 1.54) is 6.07 Å². The first-order valence-corrected chi connectivity index (χ1v) is 8.28. The number of hydrogen-bond donors (Lipinski definition) is 1. The van der Waals surface area contributed by atoms with Crippen LogP contribution in [0.5, 0.6) is 5.75 Å². The molecule has 0 aromatic heterocycles. The molecule has 0 heterocycles. The Kier molecular flexibility index (Phi) is 7.10. The first-order chi connectivity index (χ1) is 12.0. The molecule has 132 valence electrons. The first kappa shape index (κ1) is 19.1. The number of esters is 1. The average molecular weight is 382 g/mol. The maximum absolute atomic E-state index is 11.9. The van der Waals surface area contributed by atoms with Gasteiger partial charge in [-0.15, -0.1) is 0 Å². The third-order valence-corrected chi connectivity index (χ3v) is 4.23. The van der Waals surface area contributed by atoms with Crippen molar-refractivity contribution in [2.24, 2.45) is 0 Å². The second-order valence-corrected chi connectivity index (χ2v) is 5.87. The lowest BCUT2D eigenvalue weighted by Gasteiger charge is -2.10. The lowest BCUT2D eigenvalue weighted by molar-refractivity contribution is -0.124. The van der Waals surface area contributed by atoms with Gasteiger partial charge in [0.05, 0.1) is 22.7 Å². The molecule has 0 radical (unpaired) electrons. The molecule has 1 amide bonds. The second-order valence-electron chi connectivity index (χ2n) is 5.09. The summed E-state index contributed by atoms with van der Waals surface area (Å²) < 4.78 is 10.2. The molecule has 0 spiro atoms. The minimum atomic E-state index is -0.702. The van der Waals surface area contributed by atoms with E-state index in [9.17, 15) is 9.59 Å². The van der Waals surface area contributed by atoms with Gasteiger partial charge in [-0.2, -0.15) is 0 Å². The van der Waals surface area contributed by atoms with Crippen molar-refractivity contribution in [3.63, 3.8) is 0 Å². The van der Waals surface area contributed by atoms with Gasteiger partial charge in [0.25, 0.3) is 5.91 Å². The molecule has 7 heteroatoms. The number of carbonyl (C=O) groups excluding carboxylic acids is 2. The highest BCUT2D eigenvalue weighted by Gasteiger charge is 2.15. The standard InChI is InChI=1S/C18H17Cl2NO4/c1-24-15-8-3-2-5-12(15)9-10-21-16(22)11-25-18(23)13-6-4-7-14(19)17(13)20/h2-8H,9-11H2,1H3,(H,21,22). The van der Waals surface area contributed by atoms with E-state index in [1.54, 1.807) is 19.2 Å². The van der Waals surface area contributed by atoms with Gasteiger partial charge in [-0.3, -0.25) is 4.79 Å². The summed E-state index contributed by atoms with van der Waals surface area (Å²) in [7, 11) is 1.60. The molecule has 0 saturated carbocycles. The Hall–Kier alpha value is -2.24. The van der Waals surface area contributed by atoms with Crippen molar-refractivity contribution in [3.05, 3.63) is 63.6 Å². The molecule has 25 heavy (non-hydrogen) atoms. The van der Waals surface area contributed by atoms with E-state index in [1.807, 2.05) is 24.3 Å². The second kappa shape index (κ2) is 9.30. The number of hydrogen-bond acceptors (Lipinski definition) is 4. The summed E-state index contributed by atoms with van der Waals surface area (Å²) in [6.07, 6.45) is 0.601. The number of halogens is 2. The predicted octanol–water partition coefficient (Wildman–Crippen LogP) is 3.52. The van der Waals surface area contributed by atoms with E-state index in [2.05, 4.69) is 5.32 Å². The normalized spacial score (nSPS) is 10.2. The van der Waals surface area contributed by atoms with Crippen LogP contribution >= 0.6 is 23.2 Å². The molecule has 2 aromatic carbocycles. The van der Waals surface area contributed by atoms with Crippen molar-refractivity contribution in [1.29, 1.82) is 0 Å². The Balaban J connectivity index is 1.79. The summed E-state index contributed by atoms with van der Waals surface area (Å²) in [4.78, 5) is 23.7. The van der Waals surface area contributed by atoms with E-state index in [0.29, 0.717) is 13.0 Å². The Morgan fingerprint density at radius 3 is 2.60 bits per heavy atom. The molecule has 5 nitrogen and oxygen atoms in total. The Bertz CT molecular complexity index is 764. The van der Waals surface area contributed by atoms with Gasteiger partial charge >= 0.3 is 5.97 Å².